The monoisotopic (exact) mass is 263 g/mol. The van der Waals surface area contributed by atoms with E-state index in [1.807, 2.05) is 11.8 Å². The van der Waals surface area contributed by atoms with Crippen LogP contribution in [0.1, 0.15) is 17.5 Å². The lowest BCUT2D eigenvalue weighted by Gasteiger charge is -2.25. The van der Waals surface area contributed by atoms with Crippen LogP contribution in [-0.4, -0.2) is 37.3 Å². The van der Waals surface area contributed by atoms with Gasteiger partial charge in [-0.1, -0.05) is 24.3 Å². The second-order valence-corrected chi connectivity index (χ2v) is 5.45. The molecule has 1 heterocycles. The van der Waals surface area contributed by atoms with E-state index in [1.54, 1.807) is 0 Å². The van der Waals surface area contributed by atoms with E-state index >= 15 is 0 Å². The third-order valence-electron chi connectivity index (χ3n) is 3.06. The minimum absolute atomic E-state index is 0.850. The lowest BCUT2D eigenvalue weighted by Crippen LogP contribution is -2.41. The third-order valence-corrected chi connectivity index (χ3v) is 3.68. The molecule has 0 bridgehead atoms. The Morgan fingerprint density at radius 2 is 2.00 bits per heavy atom. The van der Waals surface area contributed by atoms with Crippen molar-refractivity contribution in [2.24, 2.45) is 4.99 Å². The molecular weight excluding hydrogens is 242 g/mol. The molecule has 0 aromatic heterocycles. The van der Waals surface area contributed by atoms with Gasteiger partial charge in [-0.15, -0.1) is 0 Å². The Hall–Kier alpha value is -1.16. The Labute approximate surface area is 114 Å². The zero-order chi connectivity index (χ0) is 12.8. The highest BCUT2D eigenvalue weighted by molar-refractivity contribution is 7.97. The van der Waals surface area contributed by atoms with Gasteiger partial charge in [0.15, 0.2) is 5.96 Å². The number of aliphatic imine (C=N–C) groups is 1. The van der Waals surface area contributed by atoms with Gasteiger partial charge in [0.1, 0.15) is 0 Å². The van der Waals surface area contributed by atoms with Gasteiger partial charge in [-0.25, -0.2) is 0 Å². The van der Waals surface area contributed by atoms with Gasteiger partial charge in [0.25, 0.3) is 0 Å². The molecule has 0 radical (unpaired) electrons. The Bertz CT molecular complexity index is 400. The largest absolute Gasteiger partial charge is 0.352 e. The summed E-state index contributed by atoms with van der Waals surface area (Å²) in [5.41, 5.74) is 2.69. The molecule has 3 nitrogen and oxygen atoms in total. The number of nitrogens with one attached hydrogen (secondary N) is 1. The van der Waals surface area contributed by atoms with Crippen LogP contribution >= 0.6 is 11.8 Å². The van der Waals surface area contributed by atoms with Crippen molar-refractivity contribution in [2.45, 2.75) is 18.7 Å². The highest BCUT2D eigenvalue weighted by atomic mass is 32.2. The molecule has 98 valence electrons. The van der Waals surface area contributed by atoms with Crippen molar-refractivity contribution in [1.29, 1.82) is 0 Å². The van der Waals surface area contributed by atoms with E-state index in [2.05, 4.69) is 52.8 Å². The average Bonchev–Trinajstić information content (AvgIpc) is 2.40. The lowest BCUT2D eigenvalue weighted by molar-refractivity contribution is 0.446. The maximum Gasteiger partial charge on any atom is 0.193 e. The van der Waals surface area contributed by atoms with E-state index in [0.717, 1.165) is 37.8 Å². The third kappa shape index (κ3) is 3.67. The standard InChI is InChI=1S/C14H21N3S/c1-17-9-3-8-15-14(17)16-10-12-4-6-13(7-5-12)11-18-2/h4-7H,3,8-11H2,1-2H3,(H,15,16). The minimum Gasteiger partial charge on any atom is -0.352 e. The van der Waals surface area contributed by atoms with Gasteiger partial charge >= 0.3 is 0 Å². The highest BCUT2D eigenvalue weighted by Crippen LogP contribution is 2.10. The molecular formula is C14H21N3S. The van der Waals surface area contributed by atoms with E-state index in [1.165, 1.54) is 11.1 Å². The van der Waals surface area contributed by atoms with Crippen molar-refractivity contribution in [1.82, 2.24) is 10.2 Å². The second kappa shape index (κ2) is 6.69. The van der Waals surface area contributed by atoms with Crippen LogP contribution in [0.25, 0.3) is 0 Å². The molecule has 4 heteroatoms. The summed E-state index contributed by atoms with van der Waals surface area (Å²) in [7, 11) is 2.09. The Morgan fingerprint density at radius 3 is 2.67 bits per heavy atom. The number of guanidine groups is 1. The molecule has 1 N–H and O–H groups in total. The van der Waals surface area contributed by atoms with Crippen LogP contribution in [0.3, 0.4) is 0 Å². The fourth-order valence-corrected chi connectivity index (χ4v) is 2.54. The molecule has 0 saturated carbocycles. The fourth-order valence-electron chi connectivity index (χ4n) is 2.01. The van der Waals surface area contributed by atoms with Crippen molar-refractivity contribution < 1.29 is 0 Å². The summed E-state index contributed by atoms with van der Waals surface area (Å²) in [4.78, 5) is 6.69. The summed E-state index contributed by atoms with van der Waals surface area (Å²) in [5.74, 6) is 2.11. The number of benzene rings is 1. The van der Waals surface area contributed by atoms with Gasteiger partial charge in [-0.05, 0) is 23.8 Å². The topological polar surface area (TPSA) is 27.6 Å². The van der Waals surface area contributed by atoms with Crippen LogP contribution in [0, 0.1) is 0 Å². The summed E-state index contributed by atoms with van der Waals surface area (Å²) in [6.45, 7) is 2.89. The van der Waals surface area contributed by atoms with Crippen LogP contribution in [0.2, 0.25) is 0 Å². The van der Waals surface area contributed by atoms with Crippen molar-refractivity contribution in [3.63, 3.8) is 0 Å². The lowest BCUT2D eigenvalue weighted by atomic mass is 10.1. The van der Waals surface area contributed by atoms with Crippen LogP contribution in [0.15, 0.2) is 29.3 Å². The summed E-state index contributed by atoms with van der Waals surface area (Å²) < 4.78 is 0. The van der Waals surface area contributed by atoms with Crippen molar-refractivity contribution in [3.8, 4) is 0 Å². The van der Waals surface area contributed by atoms with Gasteiger partial charge < -0.3 is 10.2 Å². The highest BCUT2D eigenvalue weighted by Gasteiger charge is 2.09. The van der Waals surface area contributed by atoms with Crippen molar-refractivity contribution >= 4 is 17.7 Å². The molecule has 0 atom stereocenters. The first-order chi connectivity index (χ1) is 8.79. The van der Waals surface area contributed by atoms with Gasteiger partial charge in [0, 0.05) is 32.4 Å². The number of hydrogen-bond acceptors (Lipinski definition) is 4. The number of rotatable bonds is 4. The van der Waals surface area contributed by atoms with Gasteiger partial charge in [0.2, 0.25) is 0 Å². The molecule has 18 heavy (non-hydrogen) atoms. The Balaban J connectivity index is 1.88. The van der Waals surface area contributed by atoms with E-state index in [9.17, 15) is 0 Å². The number of thioether (sulfide) groups is 1. The van der Waals surface area contributed by atoms with Crippen LogP contribution in [0.4, 0.5) is 0 Å². The molecule has 1 aliphatic heterocycles. The minimum atomic E-state index is 0.850. The molecule has 1 aromatic carbocycles. The van der Waals surface area contributed by atoms with Gasteiger partial charge in [0.05, 0.1) is 0 Å². The molecule has 0 saturated heterocycles. The first-order valence-corrected chi connectivity index (χ1v) is 7.75. The van der Waals surface area contributed by atoms with Gasteiger partial charge in [-0.3, -0.25) is 4.99 Å². The van der Waals surface area contributed by atoms with Crippen LogP contribution < -0.4 is 5.32 Å². The van der Waals surface area contributed by atoms with Crippen LogP contribution in [0.5, 0.6) is 0 Å². The Kier molecular flexibility index (Phi) is 4.93. The molecule has 2 rings (SSSR count). The predicted molar refractivity (Wildman–Crippen MR) is 80.0 cm³/mol. The summed E-state index contributed by atoms with van der Waals surface area (Å²) in [6, 6.07) is 8.81. The Morgan fingerprint density at radius 1 is 1.28 bits per heavy atom. The molecule has 0 fully saturated rings. The van der Waals surface area contributed by atoms with E-state index in [4.69, 9.17) is 0 Å². The SMILES string of the molecule is CSCc1ccc(CNC2=NCCCN2C)cc1. The zero-order valence-electron chi connectivity index (χ0n) is 11.1. The van der Waals surface area contributed by atoms with Crippen LogP contribution in [-0.2, 0) is 12.3 Å². The quantitative estimate of drug-likeness (QED) is 0.903. The molecule has 1 aromatic rings. The maximum absolute atomic E-state index is 4.50. The first kappa shape index (κ1) is 13.3. The average molecular weight is 263 g/mol. The van der Waals surface area contributed by atoms with Crippen molar-refractivity contribution in [2.75, 3.05) is 26.4 Å². The number of hydrogen-bond donors (Lipinski definition) is 1. The van der Waals surface area contributed by atoms with E-state index in [-0.39, 0.29) is 0 Å². The van der Waals surface area contributed by atoms with E-state index in [0.29, 0.717) is 0 Å². The summed E-state index contributed by atoms with van der Waals surface area (Å²) in [6.07, 6.45) is 3.29. The zero-order valence-corrected chi connectivity index (χ0v) is 12.0. The first-order valence-electron chi connectivity index (χ1n) is 6.36. The molecule has 1 aliphatic rings. The molecule has 0 unspecified atom stereocenters. The van der Waals surface area contributed by atoms with Gasteiger partial charge in [-0.2, -0.15) is 11.8 Å². The fraction of sp³-hybridized carbons (Fsp3) is 0.500. The second-order valence-electron chi connectivity index (χ2n) is 4.58. The molecule has 0 aliphatic carbocycles. The summed E-state index contributed by atoms with van der Waals surface area (Å²) >= 11 is 1.86. The number of nitrogens with zero attached hydrogens (tertiary/aromatic N) is 2. The smallest absolute Gasteiger partial charge is 0.193 e. The predicted octanol–water partition coefficient (Wildman–Crippen LogP) is 2.33. The van der Waals surface area contributed by atoms with Crippen molar-refractivity contribution in [3.05, 3.63) is 35.4 Å². The maximum atomic E-state index is 4.50. The normalized spacial score (nSPS) is 15.4. The molecule has 0 spiro atoms. The van der Waals surface area contributed by atoms with E-state index < -0.39 is 0 Å². The summed E-state index contributed by atoms with van der Waals surface area (Å²) in [5, 5.41) is 3.41. The molecule has 0 amide bonds.